The van der Waals surface area contributed by atoms with Crippen molar-refractivity contribution < 1.29 is 13.6 Å². The van der Waals surface area contributed by atoms with E-state index in [1.54, 1.807) is 35.4 Å². The molecule has 2 aromatic heterocycles. The van der Waals surface area contributed by atoms with Gasteiger partial charge in [-0.2, -0.15) is 5.10 Å². The standard InChI is InChI=1S/C28H22FN5O3/c1-2-20-8-10-25(37-20)24-15-30-26-17-32(11-12-33(24)26)27(35)22-13-18(7-9-23(22)29)16-34-28(36)21-6-4-3-5-19(21)14-31-34/h1,3-10,13-14,24H,11-12,15-17H2. The molecule has 8 nitrogen and oxygen atoms in total. The molecule has 4 aromatic rings. The van der Waals surface area contributed by atoms with Gasteiger partial charge in [-0.05, 0) is 41.8 Å². The number of benzene rings is 2. The maximum absolute atomic E-state index is 14.8. The SMILES string of the molecule is C#Cc1ccc(C2CN=C3CN(C(=O)c4cc(Cn5ncc6ccccc6c5=O)ccc4F)CCN32)o1. The molecule has 1 amide bonds. The molecular weight excluding hydrogens is 473 g/mol. The summed E-state index contributed by atoms with van der Waals surface area (Å²) >= 11 is 0. The first-order valence-electron chi connectivity index (χ1n) is 11.9. The third-order valence-corrected chi connectivity index (χ3v) is 6.84. The highest BCUT2D eigenvalue weighted by molar-refractivity contribution is 5.98. The number of halogens is 1. The van der Waals surface area contributed by atoms with Gasteiger partial charge in [-0.1, -0.05) is 24.3 Å². The molecule has 1 fully saturated rings. The molecule has 0 aliphatic carbocycles. The molecule has 1 unspecified atom stereocenters. The van der Waals surface area contributed by atoms with Crippen molar-refractivity contribution in [1.29, 1.82) is 0 Å². The Balaban J connectivity index is 1.20. The van der Waals surface area contributed by atoms with Crippen molar-refractivity contribution in [3.63, 3.8) is 0 Å². The van der Waals surface area contributed by atoms with Gasteiger partial charge in [0.1, 0.15) is 23.5 Å². The molecule has 2 aliphatic heterocycles. The molecule has 184 valence electrons. The van der Waals surface area contributed by atoms with Crippen LogP contribution in [-0.2, 0) is 6.54 Å². The van der Waals surface area contributed by atoms with E-state index in [0.29, 0.717) is 36.3 Å². The maximum atomic E-state index is 14.8. The molecule has 6 rings (SSSR count). The number of hydrogen-bond acceptors (Lipinski definition) is 6. The van der Waals surface area contributed by atoms with Crippen molar-refractivity contribution >= 4 is 22.5 Å². The van der Waals surface area contributed by atoms with Gasteiger partial charge in [0.05, 0.1) is 36.8 Å². The fraction of sp³-hybridized carbons (Fsp3) is 0.214. The number of fused-ring (bicyclic) bond motifs is 2. The van der Waals surface area contributed by atoms with Crippen molar-refractivity contribution in [1.82, 2.24) is 19.6 Å². The zero-order valence-corrected chi connectivity index (χ0v) is 19.8. The number of amides is 1. The van der Waals surface area contributed by atoms with Crippen LogP contribution < -0.4 is 5.56 Å². The number of piperazine rings is 1. The molecule has 0 saturated carbocycles. The van der Waals surface area contributed by atoms with Gasteiger partial charge in [-0.25, -0.2) is 9.07 Å². The van der Waals surface area contributed by atoms with Gasteiger partial charge in [0.25, 0.3) is 11.5 Å². The number of carbonyl (C=O) groups is 1. The minimum atomic E-state index is -0.612. The van der Waals surface area contributed by atoms with E-state index in [4.69, 9.17) is 10.8 Å². The predicted molar refractivity (Wildman–Crippen MR) is 136 cm³/mol. The lowest BCUT2D eigenvalue weighted by molar-refractivity contribution is 0.0732. The van der Waals surface area contributed by atoms with Crippen LogP contribution >= 0.6 is 0 Å². The molecule has 1 saturated heterocycles. The van der Waals surface area contributed by atoms with Gasteiger partial charge < -0.3 is 14.2 Å². The summed E-state index contributed by atoms with van der Waals surface area (Å²) in [6.07, 6.45) is 7.04. The lowest BCUT2D eigenvalue weighted by atomic mass is 10.1. The zero-order chi connectivity index (χ0) is 25.5. The Labute approximate surface area is 211 Å². The second-order valence-electron chi connectivity index (χ2n) is 9.05. The summed E-state index contributed by atoms with van der Waals surface area (Å²) < 4.78 is 21.8. The number of terminal acetylenes is 1. The van der Waals surface area contributed by atoms with Crippen molar-refractivity contribution in [2.75, 3.05) is 26.2 Å². The van der Waals surface area contributed by atoms with Crippen LogP contribution in [0.25, 0.3) is 10.8 Å². The highest BCUT2D eigenvalue weighted by atomic mass is 19.1. The van der Waals surface area contributed by atoms with Crippen LogP contribution in [-0.4, -0.2) is 57.5 Å². The first-order valence-corrected chi connectivity index (χ1v) is 11.9. The molecule has 9 heteroatoms. The number of amidine groups is 1. The van der Waals surface area contributed by atoms with E-state index in [9.17, 15) is 14.0 Å². The van der Waals surface area contributed by atoms with E-state index in [1.807, 2.05) is 18.2 Å². The largest absolute Gasteiger partial charge is 0.450 e. The van der Waals surface area contributed by atoms with Gasteiger partial charge in [0.15, 0.2) is 5.76 Å². The number of aromatic nitrogens is 2. The Morgan fingerprint density at radius 3 is 2.86 bits per heavy atom. The van der Waals surface area contributed by atoms with Crippen LogP contribution in [0.5, 0.6) is 0 Å². The zero-order valence-electron chi connectivity index (χ0n) is 19.8. The molecule has 0 radical (unpaired) electrons. The minimum Gasteiger partial charge on any atom is -0.450 e. The maximum Gasteiger partial charge on any atom is 0.274 e. The molecular formula is C28H22FN5O3. The summed E-state index contributed by atoms with van der Waals surface area (Å²) in [5, 5.41) is 5.54. The Bertz CT molecular complexity index is 1660. The summed E-state index contributed by atoms with van der Waals surface area (Å²) in [4.78, 5) is 34.5. The van der Waals surface area contributed by atoms with E-state index in [1.165, 1.54) is 16.8 Å². The van der Waals surface area contributed by atoms with Gasteiger partial charge in [0.2, 0.25) is 0 Å². The smallest absolute Gasteiger partial charge is 0.274 e. The van der Waals surface area contributed by atoms with Gasteiger partial charge in [-0.15, -0.1) is 6.42 Å². The van der Waals surface area contributed by atoms with Crippen LogP contribution in [0, 0.1) is 18.2 Å². The van der Waals surface area contributed by atoms with Crippen molar-refractivity contribution in [2.45, 2.75) is 12.6 Å². The molecule has 0 N–H and O–H groups in total. The first-order chi connectivity index (χ1) is 18.0. The number of carbonyl (C=O) groups excluding carboxylic acids is 1. The van der Waals surface area contributed by atoms with Crippen LogP contribution in [0.1, 0.15) is 33.5 Å². The Hall–Kier alpha value is -4.71. The van der Waals surface area contributed by atoms with Crippen molar-refractivity contribution in [3.05, 3.63) is 99.6 Å². The van der Waals surface area contributed by atoms with E-state index < -0.39 is 11.7 Å². The quantitative estimate of drug-likeness (QED) is 0.407. The first kappa shape index (κ1) is 22.7. The van der Waals surface area contributed by atoms with E-state index in [2.05, 4.69) is 20.9 Å². The summed E-state index contributed by atoms with van der Waals surface area (Å²) in [6, 6.07) is 15.1. The van der Waals surface area contributed by atoms with Gasteiger partial charge >= 0.3 is 0 Å². The van der Waals surface area contributed by atoms with E-state index in [0.717, 1.165) is 17.0 Å². The van der Waals surface area contributed by atoms with Crippen LogP contribution in [0.3, 0.4) is 0 Å². The van der Waals surface area contributed by atoms with Gasteiger partial charge in [-0.3, -0.25) is 14.6 Å². The number of furan rings is 1. The molecule has 2 aromatic carbocycles. The second-order valence-corrected chi connectivity index (χ2v) is 9.05. The molecule has 0 bridgehead atoms. The van der Waals surface area contributed by atoms with Crippen LogP contribution in [0.2, 0.25) is 0 Å². The fourth-order valence-corrected chi connectivity index (χ4v) is 4.91. The number of aliphatic imine (C=N–C) groups is 1. The summed E-state index contributed by atoms with van der Waals surface area (Å²) in [5.41, 5.74) is 0.319. The molecule has 0 spiro atoms. The average Bonchev–Trinajstić information content (AvgIpc) is 3.57. The normalized spacial score (nSPS) is 17.0. The molecule has 4 heterocycles. The Kier molecular flexibility index (Phi) is 5.57. The highest BCUT2D eigenvalue weighted by Gasteiger charge is 2.36. The Morgan fingerprint density at radius 1 is 1.16 bits per heavy atom. The summed E-state index contributed by atoms with van der Waals surface area (Å²) in [6.45, 7) is 1.85. The number of nitrogens with zero attached hydrogens (tertiary/aromatic N) is 5. The van der Waals surface area contributed by atoms with Gasteiger partial charge in [0, 0.05) is 18.5 Å². The monoisotopic (exact) mass is 495 g/mol. The lowest BCUT2D eigenvalue weighted by Crippen LogP contribution is -2.51. The molecule has 37 heavy (non-hydrogen) atoms. The average molecular weight is 496 g/mol. The third kappa shape index (κ3) is 4.06. The minimum absolute atomic E-state index is 0.0420. The summed E-state index contributed by atoms with van der Waals surface area (Å²) in [5.74, 6) is 3.41. The topological polar surface area (TPSA) is 83.9 Å². The third-order valence-electron chi connectivity index (χ3n) is 6.84. The van der Waals surface area contributed by atoms with Crippen LogP contribution in [0.4, 0.5) is 4.39 Å². The van der Waals surface area contributed by atoms with E-state index in [-0.39, 0.29) is 30.3 Å². The fourth-order valence-electron chi connectivity index (χ4n) is 4.91. The summed E-state index contributed by atoms with van der Waals surface area (Å²) in [7, 11) is 0. The van der Waals surface area contributed by atoms with Crippen molar-refractivity contribution in [3.8, 4) is 12.3 Å². The molecule has 2 aliphatic rings. The lowest BCUT2D eigenvalue weighted by Gasteiger charge is -2.36. The number of rotatable bonds is 4. The highest BCUT2D eigenvalue weighted by Crippen LogP contribution is 2.30. The Morgan fingerprint density at radius 2 is 2.03 bits per heavy atom. The number of hydrogen-bond donors (Lipinski definition) is 0. The van der Waals surface area contributed by atoms with Crippen molar-refractivity contribution in [2.24, 2.45) is 4.99 Å². The predicted octanol–water partition coefficient (Wildman–Crippen LogP) is 3.07. The van der Waals surface area contributed by atoms with Crippen LogP contribution in [0.15, 0.2) is 75.0 Å². The van der Waals surface area contributed by atoms with E-state index >= 15 is 0 Å². The molecule has 1 atom stereocenters. The second kappa shape index (κ2) is 9.06.